The number of hydrogen-bond acceptors (Lipinski definition) is 13. The third-order valence-corrected chi connectivity index (χ3v) is 7.63. The summed E-state index contributed by atoms with van der Waals surface area (Å²) >= 11 is 0. The van der Waals surface area contributed by atoms with Crippen molar-refractivity contribution in [3.05, 3.63) is 171 Å². The minimum Gasteiger partial charge on any atom is -0.501 e. The molecule has 0 saturated carbocycles. The molecule has 1 atom stereocenters. The predicted octanol–water partition coefficient (Wildman–Crippen LogP) is 8.20. The lowest BCUT2D eigenvalue weighted by atomic mass is 9.90. The Morgan fingerprint density at radius 2 is 1.07 bits per heavy atom. The molecular formula is C35H22F6N4O13. The summed E-state index contributed by atoms with van der Waals surface area (Å²) in [6.07, 6.45) is -8.84. The maximum absolute atomic E-state index is 12.9. The van der Waals surface area contributed by atoms with E-state index in [1.54, 1.807) is 0 Å². The van der Waals surface area contributed by atoms with Gasteiger partial charge in [-0.2, -0.15) is 26.3 Å². The number of aldehydes is 1. The number of hydrogen-bond donors (Lipinski definition) is 0. The van der Waals surface area contributed by atoms with Gasteiger partial charge in [-0.15, -0.1) is 0 Å². The highest BCUT2D eigenvalue weighted by atomic mass is 19.4. The van der Waals surface area contributed by atoms with Crippen molar-refractivity contribution in [3.8, 4) is 0 Å². The van der Waals surface area contributed by atoms with E-state index >= 15 is 0 Å². The van der Waals surface area contributed by atoms with E-state index in [1.807, 2.05) is 0 Å². The molecule has 0 saturated heterocycles. The van der Waals surface area contributed by atoms with Crippen LogP contribution in [0.4, 0.5) is 49.1 Å². The Morgan fingerprint density at radius 3 is 1.47 bits per heavy atom. The van der Waals surface area contributed by atoms with E-state index in [4.69, 9.17) is 4.74 Å². The van der Waals surface area contributed by atoms with Crippen LogP contribution in [0.1, 0.15) is 60.6 Å². The first-order chi connectivity index (χ1) is 27.0. The number of nitrogens with zero attached hydrogens (tertiary/aromatic N) is 4. The zero-order chi connectivity index (χ0) is 43.7. The van der Waals surface area contributed by atoms with Crippen LogP contribution in [-0.4, -0.2) is 49.9 Å². The average Bonchev–Trinajstić information content (AvgIpc) is 3.17. The van der Waals surface area contributed by atoms with Gasteiger partial charge >= 0.3 is 12.4 Å². The smallest absolute Gasteiger partial charge is 0.416 e. The Kier molecular flexibility index (Phi) is 14.1. The van der Waals surface area contributed by atoms with Gasteiger partial charge in [-0.25, -0.2) is 0 Å². The minimum absolute atomic E-state index is 0.00907. The molecule has 0 bridgehead atoms. The maximum Gasteiger partial charge on any atom is 0.416 e. The highest BCUT2D eigenvalue weighted by molar-refractivity contribution is 6.31. The molecule has 58 heavy (non-hydrogen) atoms. The van der Waals surface area contributed by atoms with Crippen LogP contribution in [0.25, 0.3) is 0 Å². The van der Waals surface area contributed by atoms with E-state index in [-0.39, 0.29) is 47.5 Å². The van der Waals surface area contributed by atoms with Gasteiger partial charge in [-0.3, -0.25) is 54.8 Å². The molecule has 0 N–H and O–H groups in total. The van der Waals surface area contributed by atoms with Crippen molar-refractivity contribution < 1.29 is 70.0 Å². The van der Waals surface area contributed by atoms with Crippen LogP contribution in [0.5, 0.6) is 0 Å². The second kappa shape index (κ2) is 18.3. The number of nitro benzene ring substituents is 4. The molecule has 23 heteroatoms. The molecule has 0 amide bonds. The third-order valence-electron chi connectivity index (χ3n) is 7.63. The molecule has 0 radical (unpaired) electrons. The van der Waals surface area contributed by atoms with Gasteiger partial charge in [0, 0.05) is 42.0 Å². The van der Waals surface area contributed by atoms with Crippen molar-refractivity contribution >= 4 is 46.4 Å². The SMILES string of the molecule is CCOC=C(C(=O)c1ccc([N+](=O)[O-])cc1)C(=O)c1ccc(C(F)(F)F)cc1[N+](=O)[O-].O=CC(C(=O)c1ccc(C(F)(F)F)cc1[N+](=O)[O-])c1ccc([N+](=O)[O-])cc1. The van der Waals surface area contributed by atoms with Crippen molar-refractivity contribution in [2.24, 2.45) is 0 Å². The predicted molar refractivity (Wildman–Crippen MR) is 184 cm³/mol. The first kappa shape index (κ1) is 44.7. The Morgan fingerprint density at radius 1 is 0.638 bits per heavy atom. The van der Waals surface area contributed by atoms with Crippen molar-refractivity contribution in [2.75, 3.05) is 6.61 Å². The summed E-state index contributed by atoms with van der Waals surface area (Å²) in [4.78, 5) is 89.5. The quantitative estimate of drug-likeness (QED) is 0.0134. The molecule has 302 valence electrons. The Hall–Kier alpha value is -7.72. The van der Waals surface area contributed by atoms with Crippen molar-refractivity contribution in [2.45, 2.75) is 25.2 Å². The van der Waals surface area contributed by atoms with Crippen molar-refractivity contribution in [1.82, 2.24) is 0 Å². The number of halogens is 6. The Bertz CT molecular complexity index is 2330. The van der Waals surface area contributed by atoms with E-state index < -0.39 is 94.5 Å². The van der Waals surface area contributed by atoms with E-state index in [1.165, 1.54) is 6.92 Å². The normalized spacial score (nSPS) is 11.9. The van der Waals surface area contributed by atoms with Gasteiger partial charge in [-0.05, 0) is 48.9 Å². The molecule has 4 rings (SSSR count). The molecule has 0 fully saturated rings. The van der Waals surface area contributed by atoms with Gasteiger partial charge in [0.1, 0.15) is 23.3 Å². The highest BCUT2D eigenvalue weighted by Gasteiger charge is 2.37. The van der Waals surface area contributed by atoms with E-state index in [0.29, 0.717) is 24.3 Å². The number of ether oxygens (including phenoxy) is 1. The van der Waals surface area contributed by atoms with Crippen LogP contribution in [0.15, 0.2) is 96.8 Å². The lowest BCUT2D eigenvalue weighted by Gasteiger charge is -2.12. The van der Waals surface area contributed by atoms with Crippen LogP contribution in [0, 0.1) is 40.5 Å². The average molecular weight is 821 g/mol. The van der Waals surface area contributed by atoms with E-state index in [9.17, 15) is 86.0 Å². The van der Waals surface area contributed by atoms with Crippen LogP contribution >= 0.6 is 0 Å². The largest absolute Gasteiger partial charge is 0.501 e. The number of benzene rings is 4. The molecule has 1 unspecified atom stereocenters. The number of non-ortho nitro benzene ring substituents is 2. The van der Waals surface area contributed by atoms with Gasteiger partial charge in [0.05, 0.1) is 49.3 Å². The summed E-state index contributed by atoms with van der Waals surface area (Å²) in [6, 6.07) is 11.1. The number of nitro groups is 4. The van der Waals surface area contributed by atoms with Crippen LogP contribution in [-0.2, 0) is 21.9 Å². The molecule has 0 aliphatic heterocycles. The highest BCUT2D eigenvalue weighted by Crippen LogP contribution is 2.36. The fourth-order valence-corrected chi connectivity index (χ4v) is 4.79. The molecular weight excluding hydrogens is 798 g/mol. The van der Waals surface area contributed by atoms with E-state index in [0.717, 1.165) is 54.8 Å². The molecule has 0 aromatic heterocycles. The summed E-state index contributed by atoms with van der Waals surface area (Å²) in [6.45, 7) is 1.54. The fraction of sp³-hybridized carbons (Fsp3) is 0.143. The molecule has 4 aromatic carbocycles. The summed E-state index contributed by atoms with van der Waals surface area (Å²) < 4.78 is 81.8. The molecule has 0 spiro atoms. The first-order valence-corrected chi connectivity index (χ1v) is 15.6. The topological polar surface area (TPSA) is 250 Å². The summed E-state index contributed by atoms with van der Waals surface area (Å²) in [7, 11) is 0. The van der Waals surface area contributed by atoms with Gasteiger partial charge in [-0.1, -0.05) is 12.1 Å². The zero-order valence-electron chi connectivity index (χ0n) is 28.9. The number of carbonyl (C=O) groups excluding carboxylic acids is 4. The summed E-state index contributed by atoms with van der Waals surface area (Å²) in [5.74, 6) is -4.89. The maximum atomic E-state index is 12.9. The first-order valence-electron chi connectivity index (χ1n) is 15.6. The molecule has 0 aliphatic carbocycles. The lowest BCUT2D eigenvalue weighted by Crippen LogP contribution is -2.17. The second-order valence-corrected chi connectivity index (χ2v) is 11.2. The van der Waals surface area contributed by atoms with Gasteiger partial charge < -0.3 is 9.53 Å². The summed E-state index contributed by atoms with van der Waals surface area (Å²) in [5.41, 5.74) is -7.80. The number of Topliss-reactive ketones (excluding diaryl/α,β-unsaturated/α-hetero) is 3. The number of alkyl halides is 6. The number of carbonyl (C=O) groups is 4. The molecule has 17 nitrogen and oxygen atoms in total. The Labute approximate surface area is 318 Å². The second-order valence-electron chi connectivity index (χ2n) is 11.2. The zero-order valence-corrected chi connectivity index (χ0v) is 28.9. The van der Waals surface area contributed by atoms with Crippen LogP contribution < -0.4 is 0 Å². The van der Waals surface area contributed by atoms with Crippen LogP contribution in [0.3, 0.4) is 0 Å². The standard InChI is InChI=1S/C19H13F3N2O7.C16H9F3N2O6/c1-2-31-10-15(17(25)11-3-6-13(7-4-11)23(27)28)18(26)14-8-5-12(19(20,21)22)9-16(14)24(29)30;17-16(18,19)10-3-6-12(14(7-10)21(26)27)15(23)13(8-22)9-1-4-11(5-2-9)20(24)25/h3-10H,2H2,1H3;1-8,13H. The molecule has 4 aromatic rings. The van der Waals surface area contributed by atoms with Gasteiger partial charge in [0.25, 0.3) is 22.7 Å². The van der Waals surface area contributed by atoms with Gasteiger partial charge in [0.15, 0.2) is 11.6 Å². The fourth-order valence-electron chi connectivity index (χ4n) is 4.79. The monoisotopic (exact) mass is 820 g/mol. The number of rotatable bonds is 14. The number of ketones is 3. The van der Waals surface area contributed by atoms with E-state index in [2.05, 4.69) is 0 Å². The Balaban J connectivity index is 0.000000313. The third kappa shape index (κ3) is 10.7. The van der Waals surface area contributed by atoms with Crippen molar-refractivity contribution in [1.29, 1.82) is 0 Å². The molecule has 0 aliphatic rings. The van der Waals surface area contributed by atoms with Crippen molar-refractivity contribution in [3.63, 3.8) is 0 Å². The van der Waals surface area contributed by atoms with Crippen LogP contribution in [0.2, 0.25) is 0 Å². The molecule has 0 heterocycles. The minimum atomic E-state index is -4.88. The number of allylic oxidation sites excluding steroid dienone is 1. The summed E-state index contributed by atoms with van der Waals surface area (Å²) in [5, 5.41) is 43.7. The van der Waals surface area contributed by atoms with Gasteiger partial charge in [0.2, 0.25) is 5.78 Å². The lowest BCUT2D eigenvalue weighted by molar-refractivity contribution is -0.385.